The highest BCUT2D eigenvalue weighted by Crippen LogP contribution is 2.38. The normalized spacial score (nSPS) is 15.4. The number of methoxy groups -OCH3 is 2. The third kappa shape index (κ3) is 2.99. The number of nitrogens with zero attached hydrogens (tertiary/aromatic N) is 1. The van der Waals surface area contributed by atoms with Gasteiger partial charge in [0.25, 0.3) is 11.8 Å². The highest BCUT2D eigenvalue weighted by molar-refractivity contribution is 6.31. The van der Waals surface area contributed by atoms with Crippen LogP contribution in [0.5, 0.6) is 17.2 Å². The van der Waals surface area contributed by atoms with E-state index in [4.69, 9.17) is 9.47 Å². The highest BCUT2D eigenvalue weighted by Gasteiger charge is 2.34. The monoisotopic (exact) mass is 340 g/mol. The lowest BCUT2D eigenvalue weighted by Crippen LogP contribution is -2.35. The molecule has 2 amide bonds. The number of hydrogen-bond acceptors (Lipinski definition) is 5. The predicted molar refractivity (Wildman–Crippen MR) is 91.3 cm³/mol. The van der Waals surface area contributed by atoms with E-state index in [1.54, 1.807) is 24.3 Å². The first kappa shape index (κ1) is 16.4. The number of hydrogen-bond donors (Lipinski definition) is 2. The van der Waals surface area contributed by atoms with Crippen LogP contribution < -0.4 is 19.9 Å². The molecule has 2 N–H and O–H groups in total. The molecule has 1 aliphatic rings. The van der Waals surface area contributed by atoms with Crippen LogP contribution in [0.1, 0.15) is 5.56 Å². The van der Waals surface area contributed by atoms with Crippen molar-refractivity contribution in [2.24, 2.45) is 0 Å². The van der Waals surface area contributed by atoms with Crippen molar-refractivity contribution in [1.82, 2.24) is 5.43 Å². The number of benzene rings is 2. The Morgan fingerprint density at radius 3 is 2.20 bits per heavy atom. The van der Waals surface area contributed by atoms with E-state index in [0.717, 1.165) is 0 Å². The summed E-state index contributed by atoms with van der Waals surface area (Å²) >= 11 is 0. The zero-order chi connectivity index (χ0) is 18.0. The van der Waals surface area contributed by atoms with E-state index in [2.05, 4.69) is 5.43 Å². The Balaban J connectivity index is 1.99. The number of ether oxygens (including phenoxy) is 2. The third-order valence-corrected chi connectivity index (χ3v) is 3.72. The van der Waals surface area contributed by atoms with Gasteiger partial charge in [-0.3, -0.25) is 15.0 Å². The minimum Gasteiger partial charge on any atom is -0.502 e. The van der Waals surface area contributed by atoms with Crippen molar-refractivity contribution in [3.8, 4) is 17.2 Å². The van der Waals surface area contributed by atoms with Crippen LogP contribution in [0.4, 0.5) is 5.69 Å². The molecule has 3 rings (SSSR count). The Bertz CT molecular complexity index is 836. The summed E-state index contributed by atoms with van der Waals surface area (Å²) in [4.78, 5) is 24.8. The second-order valence-corrected chi connectivity index (χ2v) is 5.25. The fourth-order valence-electron chi connectivity index (χ4n) is 2.48. The van der Waals surface area contributed by atoms with Gasteiger partial charge in [0.1, 0.15) is 5.57 Å². The van der Waals surface area contributed by atoms with Crippen molar-refractivity contribution in [3.05, 3.63) is 53.6 Å². The minimum absolute atomic E-state index is 0.0290. The van der Waals surface area contributed by atoms with E-state index >= 15 is 0 Å². The molecule has 0 aromatic heterocycles. The predicted octanol–water partition coefficient (Wildman–Crippen LogP) is 1.87. The molecule has 7 nitrogen and oxygen atoms in total. The van der Waals surface area contributed by atoms with Gasteiger partial charge in [0, 0.05) is 0 Å². The summed E-state index contributed by atoms with van der Waals surface area (Å²) in [5.41, 5.74) is 3.54. The zero-order valence-corrected chi connectivity index (χ0v) is 13.6. The molecule has 2 aromatic carbocycles. The van der Waals surface area contributed by atoms with E-state index in [1.165, 1.54) is 37.4 Å². The summed E-state index contributed by atoms with van der Waals surface area (Å²) in [5.74, 6) is -0.781. The topological polar surface area (TPSA) is 88.1 Å². The van der Waals surface area contributed by atoms with Crippen molar-refractivity contribution in [2.45, 2.75) is 0 Å². The summed E-state index contributed by atoms with van der Waals surface area (Å²) in [6.07, 6.45) is 1.42. The molecule has 7 heteroatoms. The van der Waals surface area contributed by atoms with Crippen LogP contribution in [-0.2, 0) is 9.59 Å². The summed E-state index contributed by atoms with van der Waals surface area (Å²) < 4.78 is 10.2. The summed E-state index contributed by atoms with van der Waals surface area (Å²) in [7, 11) is 2.80. The smallest absolute Gasteiger partial charge is 0.282 e. The number of aromatic hydroxyl groups is 1. The fraction of sp³-hybridized carbons (Fsp3) is 0.111. The first-order valence-electron chi connectivity index (χ1n) is 7.42. The first-order chi connectivity index (χ1) is 12.0. The first-order valence-corrected chi connectivity index (χ1v) is 7.42. The lowest BCUT2D eigenvalue weighted by atomic mass is 10.1. The molecule has 0 radical (unpaired) electrons. The van der Waals surface area contributed by atoms with Gasteiger partial charge in [-0.25, -0.2) is 5.01 Å². The van der Waals surface area contributed by atoms with Crippen LogP contribution in [-0.4, -0.2) is 31.1 Å². The molecule has 1 saturated heterocycles. The second-order valence-electron chi connectivity index (χ2n) is 5.25. The number of hydrazine groups is 1. The van der Waals surface area contributed by atoms with Crippen LogP contribution in [0.2, 0.25) is 0 Å². The molecule has 1 heterocycles. The average molecular weight is 340 g/mol. The maximum atomic E-state index is 12.6. The van der Waals surface area contributed by atoms with Gasteiger partial charge in [-0.05, 0) is 35.9 Å². The van der Waals surface area contributed by atoms with Gasteiger partial charge in [-0.1, -0.05) is 18.2 Å². The van der Waals surface area contributed by atoms with Gasteiger partial charge in [0.15, 0.2) is 11.5 Å². The molecule has 0 bridgehead atoms. The minimum atomic E-state index is -0.514. The van der Waals surface area contributed by atoms with Crippen LogP contribution in [0.15, 0.2) is 48.0 Å². The molecule has 0 saturated carbocycles. The van der Waals surface area contributed by atoms with E-state index in [-0.39, 0.29) is 22.8 Å². The molecule has 128 valence electrons. The van der Waals surface area contributed by atoms with Gasteiger partial charge in [-0.2, -0.15) is 0 Å². The molecule has 0 aliphatic carbocycles. The largest absolute Gasteiger partial charge is 0.502 e. The van der Waals surface area contributed by atoms with Gasteiger partial charge in [-0.15, -0.1) is 0 Å². The van der Waals surface area contributed by atoms with Crippen LogP contribution in [0, 0.1) is 0 Å². The number of nitrogens with one attached hydrogen (secondary N) is 1. The van der Waals surface area contributed by atoms with Crippen LogP contribution in [0.3, 0.4) is 0 Å². The number of carbonyl (C=O) groups is 2. The van der Waals surface area contributed by atoms with E-state index in [0.29, 0.717) is 11.3 Å². The second kappa shape index (κ2) is 6.56. The average Bonchev–Trinajstić information content (AvgIpc) is 2.91. The molecular formula is C18H16N2O5. The van der Waals surface area contributed by atoms with E-state index in [1.807, 2.05) is 6.07 Å². The molecule has 2 aromatic rings. The standard InChI is InChI=1S/C18H16N2O5/c1-24-14-9-11(10-15(25-2)16(14)21)8-13-17(22)19-20(18(13)23)12-6-4-3-5-7-12/h3-10,21H,1-2H3,(H,19,22). The van der Waals surface area contributed by atoms with Gasteiger partial charge in [0.2, 0.25) is 5.75 Å². The Morgan fingerprint density at radius 2 is 1.64 bits per heavy atom. The SMILES string of the molecule is COc1cc(C=C2C(=O)NN(c3ccccc3)C2=O)cc(OC)c1O. The third-order valence-electron chi connectivity index (χ3n) is 3.72. The van der Waals surface area contributed by atoms with E-state index < -0.39 is 11.8 Å². The summed E-state index contributed by atoms with van der Waals surface area (Å²) in [6.45, 7) is 0. The molecular weight excluding hydrogens is 324 g/mol. The quantitative estimate of drug-likeness (QED) is 0.655. The van der Waals surface area contributed by atoms with Crippen molar-refractivity contribution in [1.29, 1.82) is 0 Å². The number of phenols is 1. The summed E-state index contributed by atoms with van der Waals surface area (Å²) in [6, 6.07) is 11.8. The van der Waals surface area contributed by atoms with Crippen molar-refractivity contribution < 1.29 is 24.2 Å². The van der Waals surface area contributed by atoms with Crippen molar-refractivity contribution in [2.75, 3.05) is 19.2 Å². The Kier molecular flexibility index (Phi) is 4.30. The number of para-hydroxylation sites is 1. The number of carbonyl (C=O) groups excluding carboxylic acids is 2. The van der Waals surface area contributed by atoms with Gasteiger partial charge < -0.3 is 14.6 Å². The van der Waals surface area contributed by atoms with Crippen molar-refractivity contribution in [3.63, 3.8) is 0 Å². The van der Waals surface area contributed by atoms with Gasteiger partial charge >= 0.3 is 0 Å². The maximum Gasteiger partial charge on any atom is 0.282 e. The maximum absolute atomic E-state index is 12.6. The number of anilines is 1. The van der Waals surface area contributed by atoms with E-state index in [9.17, 15) is 14.7 Å². The van der Waals surface area contributed by atoms with Crippen molar-refractivity contribution >= 4 is 23.6 Å². The Hall–Kier alpha value is -3.48. The summed E-state index contributed by atoms with van der Waals surface area (Å²) in [5, 5.41) is 11.1. The molecule has 1 aliphatic heterocycles. The lowest BCUT2D eigenvalue weighted by Gasteiger charge is -2.13. The molecule has 0 spiro atoms. The van der Waals surface area contributed by atoms with Gasteiger partial charge in [0.05, 0.1) is 19.9 Å². The van der Waals surface area contributed by atoms with Crippen LogP contribution >= 0.6 is 0 Å². The highest BCUT2D eigenvalue weighted by atomic mass is 16.5. The molecule has 0 atom stereocenters. The fourth-order valence-corrected chi connectivity index (χ4v) is 2.48. The molecule has 0 unspecified atom stereocenters. The number of rotatable bonds is 4. The molecule has 1 fully saturated rings. The van der Waals surface area contributed by atoms with Crippen LogP contribution in [0.25, 0.3) is 6.08 Å². The zero-order valence-electron chi connectivity index (χ0n) is 13.6. The lowest BCUT2D eigenvalue weighted by molar-refractivity contribution is -0.117. The Labute approximate surface area is 144 Å². The Morgan fingerprint density at radius 1 is 1.04 bits per heavy atom. The number of amides is 2. The number of phenolic OH excluding ortho intramolecular Hbond substituents is 1. The molecule has 25 heavy (non-hydrogen) atoms.